The van der Waals surface area contributed by atoms with Crippen molar-refractivity contribution in [2.75, 3.05) is 20.4 Å². The summed E-state index contributed by atoms with van der Waals surface area (Å²) in [7, 11) is -3.00. The molecule has 0 aliphatic rings. The van der Waals surface area contributed by atoms with Gasteiger partial charge in [-0.15, -0.1) is 0 Å². The maximum Gasteiger partial charge on any atom is 0.210 e. The summed E-state index contributed by atoms with van der Waals surface area (Å²) < 4.78 is 33.3. The number of nitrogens with one attached hydrogen (secondary N) is 1. The van der Waals surface area contributed by atoms with Crippen LogP contribution in [-0.2, 0) is 14.4 Å². The van der Waals surface area contributed by atoms with Crippen molar-refractivity contribution in [2.24, 2.45) is 0 Å². The molecule has 0 radical (unpaired) electrons. The van der Waals surface area contributed by atoms with E-state index in [1.54, 1.807) is 6.07 Å². The fourth-order valence-electron chi connectivity index (χ4n) is 0.784. The third-order valence-corrected chi connectivity index (χ3v) is 3.17. The van der Waals surface area contributed by atoms with E-state index in [1.807, 2.05) is 0 Å². The molecule has 15 heavy (non-hydrogen) atoms. The number of rotatable bonds is 4. The Kier molecular flexibility index (Phi) is 5.21. The standard InChI is InChI=1S/C6H12N3O3PS2/c1-9(2)6(8-13(10)14)5(4-7)15(3,11)12/h13H,1-3H3,(H2,8,10,14). The second-order valence-electron chi connectivity index (χ2n) is 2.89. The van der Waals surface area contributed by atoms with E-state index >= 15 is 0 Å². The topological polar surface area (TPSA) is 90.3 Å². The van der Waals surface area contributed by atoms with Gasteiger partial charge in [0.05, 0.1) is 0 Å². The first-order valence-corrected chi connectivity index (χ1v) is 8.30. The third-order valence-electron chi connectivity index (χ3n) is 1.36. The summed E-state index contributed by atoms with van der Waals surface area (Å²) in [6, 6.07) is 1.56. The first-order chi connectivity index (χ1) is 6.70. The van der Waals surface area contributed by atoms with Gasteiger partial charge in [-0.1, -0.05) is 12.2 Å². The van der Waals surface area contributed by atoms with Crippen molar-refractivity contribution in [1.82, 2.24) is 9.99 Å². The lowest BCUT2D eigenvalue weighted by Gasteiger charge is -2.18. The van der Waals surface area contributed by atoms with Crippen LogP contribution in [0.1, 0.15) is 0 Å². The van der Waals surface area contributed by atoms with E-state index in [4.69, 9.17) is 5.26 Å². The molecule has 1 atom stereocenters. The Labute approximate surface area is 94.9 Å². The zero-order valence-corrected chi connectivity index (χ0v) is 11.2. The molecule has 0 rings (SSSR count). The van der Waals surface area contributed by atoms with Crippen LogP contribution in [0, 0.1) is 11.3 Å². The lowest BCUT2D eigenvalue weighted by molar-refractivity contribution is 0.486. The van der Waals surface area contributed by atoms with Gasteiger partial charge >= 0.3 is 0 Å². The molecular formula is C6H12N3O3PS2. The summed E-state index contributed by atoms with van der Waals surface area (Å²) in [4.78, 5) is 0.901. The van der Waals surface area contributed by atoms with E-state index in [-0.39, 0.29) is 5.82 Å². The molecule has 0 fully saturated rings. The first-order valence-electron chi connectivity index (χ1n) is 3.72. The SMILES string of the molecule is CN(C)C(N[PH](=O)S)=C(C#N)S(C)(=O)=O. The van der Waals surface area contributed by atoms with E-state index in [2.05, 4.69) is 17.3 Å². The average Bonchev–Trinajstić information content (AvgIpc) is 2.00. The minimum absolute atomic E-state index is 0.0149. The molecule has 0 aliphatic carbocycles. The molecule has 9 heteroatoms. The Morgan fingerprint density at radius 3 is 2.20 bits per heavy atom. The molecule has 0 amide bonds. The van der Waals surface area contributed by atoms with Crippen LogP contribution < -0.4 is 5.09 Å². The smallest absolute Gasteiger partial charge is 0.210 e. The molecule has 0 spiro atoms. The van der Waals surface area contributed by atoms with Crippen molar-refractivity contribution < 1.29 is 13.0 Å². The number of nitrogens with zero attached hydrogens (tertiary/aromatic N) is 2. The Morgan fingerprint density at radius 1 is 1.53 bits per heavy atom. The normalized spacial score (nSPS) is 14.9. The first kappa shape index (κ1) is 14.4. The van der Waals surface area contributed by atoms with Gasteiger partial charge in [0.25, 0.3) is 0 Å². The Balaban J connectivity index is 5.63. The fraction of sp³-hybridized carbons (Fsp3) is 0.500. The molecule has 0 aromatic rings. The van der Waals surface area contributed by atoms with E-state index in [0.29, 0.717) is 0 Å². The zero-order chi connectivity index (χ0) is 12.2. The van der Waals surface area contributed by atoms with Crippen LogP contribution in [0.2, 0.25) is 0 Å². The fourth-order valence-corrected chi connectivity index (χ4v) is 2.49. The van der Waals surface area contributed by atoms with Gasteiger partial charge in [0, 0.05) is 20.4 Å². The number of hydrogen-bond acceptors (Lipinski definition) is 5. The van der Waals surface area contributed by atoms with Crippen molar-refractivity contribution in [3.63, 3.8) is 0 Å². The van der Waals surface area contributed by atoms with Crippen molar-refractivity contribution in [1.29, 1.82) is 5.26 Å². The van der Waals surface area contributed by atoms with Gasteiger partial charge < -0.3 is 9.99 Å². The summed E-state index contributed by atoms with van der Waals surface area (Å²) >= 11 is 3.63. The van der Waals surface area contributed by atoms with E-state index in [1.165, 1.54) is 19.0 Å². The predicted octanol–water partition coefficient (Wildman–Crippen LogP) is 0.194. The zero-order valence-electron chi connectivity index (χ0n) is 8.47. The highest BCUT2D eigenvalue weighted by Gasteiger charge is 2.19. The van der Waals surface area contributed by atoms with Crippen LogP contribution in [0.15, 0.2) is 10.7 Å². The van der Waals surface area contributed by atoms with Crippen molar-refractivity contribution >= 4 is 29.2 Å². The molecule has 0 heterocycles. The van der Waals surface area contributed by atoms with Crippen LogP contribution in [0.5, 0.6) is 0 Å². The highest BCUT2D eigenvalue weighted by atomic mass is 32.7. The Bertz CT molecular complexity index is 435. The second-order valence-corrected chi connectivity index (χ2v) is 6.92. The molecule has 0 saturated carbocycles. The van der Waals surface area contributed by atoms with Crippen molar-refractivity contribution in [3.8, 4) is 6.07 Å². The lowest BCUT2D eigenvalue weighted by atomic mass is 10.5. The van der Waals surface area contributed by atoms with E-state index < -0.39 is 21.9 Å². The highest BCUT2D eigenvalue weighted by molar-refractivity contribution is 8.40. The van der Waals surface area contributed by atoms with Gasteiger partial charge in [-0.05, 0) is 0 Å². The predicted molar refractivity (Wildman–Crippen MR) is 62.3 cm³/mol. The molecule has 6 nitrogen and oxygen atoms in total. The van der Waals surface area contributed by atoms with Gasteiger partial charge in [0.15, 0.2) is 14.7 Å². The van der Waals surface area contributed by atoms with E-state index in [9.17, 15) is 13.0 Å². The molecule has 0 bridgehead atoms. The molecule has 1 unspecified atom stereocenters. The lowest BCUT2D eigenvalue weighted by Crippen LogP contribution is -2.24. The Morgan fingerprint density at radius 2 is 2.00 bits per heavy atom. The number of nitriles is 1. The van der Waals surface area contributed by atoms with Crippen LogP contribution in [0.25, 0.3) is 0 Å². The van der Waals surface area contributed by atoms with Gasteiger partial charge in [-0.2, -0.15) is 5.26 Å². The third kappa shape index (κ3) is 4.60. The molecule has 0 aromatic heterocycles. The summed E-state index contributed by atoms with van der Waals surface area (Å²) in [5, 5.41) is 11.1. The summed E-state index contributed by atoms with van der Waals surface area (Å²) in [5.41, 5.74) is 0. The number of thiol groups is 1. The second kappa shape index (κ2) is 5.45. The molecule has 0 aromatic carbocycles. The number of sulfone groups is 1. The van der Waals surface area contributed by atoms with Gasteiger partial charge in [-0.3, -0.25) is 4.57 Å². The van der Waals surface area contributed by atoms with Crippen molar-refractivity contribution in [2.45, 2.75) is 0 Å². The van der Waals surface area contributed by atoms with Crippen LogP contribution in [0.3, 0.4) is 0 Å². The molecule has 0 aliphatic heterocycles. The molecule has 86 valence electrons. The monoisotopic (exact) mass is 269 g/mol. The van der Waals surface area contributed by atoms with Crippen LogP contribution in [0.4, 0.5) is 0 Å². The highest BCUT2D eigenvalue weighted by Crippen LogP contribution is 2.24. The molecule has 1 N–H and O–H groups in total. The maximum atomic E-state index is 11.2. The largest absolute Gasteiger partial charge is 0.363 e. The Hall–Kier alpha value is -0.640. The minimum Gasteiger partial charge on any atom is -0.363 e. The molecular weight excluding hydrogens is 257 g/mol. The average molecular weight is 269 g/mol. The van der Waals surface area contributed by atoms with Crippen LogP contribution >= 0.6 is 19.4 Å². The summed E-state index contributed by atoms with van der Waals surface area (Å²) in [6.07, 6.45) is 0.909. The van der Waals surface area contributed by atoms with Gasteiger partial charge in [0.1, 0.15) is 11.9 Å². The summed E-state index contributed by atoms with van der Waals surface area (Å²) in [6.45, 7) is 0. The number of allylic oxidation sites excluding steroid dienone is 1. The van der Waals surface area contributed by atoms with E-state index in [0.717, 1.165) is 6.26 Å². The quantitative estimate of drug-likeness (QED) is 0.430. The molecule has 0 saturated heterocycles. The van der Waals surface area contributed by atoms with Gasteiger partial charge in [-0.25, -0.2) is 8.42 Å². The van der Waals surface area contributed by atoms with Crippen molar-refractivity contribution in [3.05, 3.63) is 10.7 Å². The summed E-state index contributed by atoms with van der Waals surface area (Å²) in [5.74, 6) is -0.0149. The van der Waals surface area contributed by atoms with Gasteiger partial charge in [0.2, 0.25) is 7.15 Å². The number of hydrogen-bond donors (Lipinski definition) is 2. The van der Waals surface area contributed by atoms with Crippen LogP contribution in [-0.4, -0.2) is 33.7 Å². The maximum absolute atomic E-state index is 11.2. The minimum atomic E-state index is -3.65.